The van der Waals surface area contributed by atoms with Gasteiger partial charge in [0.1, 0.15) is 5.75 Å². The van der Waals surface area contributed by atoms with Crippen LogP contribution in [0.25, 0.3) is 0 Å². The van der Waals surface area contributed by atoms with E-state index in [0.29, 0.717) is 6.54 Å². The third-order valence-electron chi connectivity index (χ3n) is 5.08. The van der Waals surface area contributed by atoms with Gasteiger partial charge in [-0.3, -0.25) is 9.69 Å². The molecule has 0 amide bonds. The van der Waals surface area contributed by atoms with Crippen LogP contribution in [0.5, 0.6) is 5.75 Å². The molecule has 4 heteroatoms. The molecule has 0 aromatic heterocycles. The molecule has 132 valence electrons. The number of benzene rings is 2. The predicted molar refractivity (Wildman–Crippen MR) is 97.9 cm³/mol. The van der Waals surface area contributed by atoms with E-state index in [1.165, 1.54) is 11.1 Å². The Morgan fingerprint density at radius 1 is 1.16 bits per heavy atom. The number of ether oxygens (including phenoxy) is 1. The molecule has 3 rings (SSSR count). The van der Waals surface area contributed by atoms with Crippen molar-refractivity contribution in [3.05, 3.63) is 65.2 Å². The molecule has 1 N–H and O–H groups in total. The molecule has 2 aromatic rings. The third-order valence-corrected chi connectivity index (χ3v) is 5.08. The summed E-state index contributed by atoms with van der Waals surface area (Å²) in [5.41, 5.74) is 3.50. The number of carboxylic acid groups (broad SMARTS) is 1. The maximum atomic E-state index is 11.5. The molecule has 25 heavy (non-hydrogen) atoms. The molecule has 2 unspecified atom stereocenters. The van der Waals surface area contributed by atoms with Crippen molar-refractivity contribution in [3.8, 4) is 5.75 Å². The van der Waals surface area contributed by atoms with E-state index in [-0.39, 0.29) is 12.0 Å². The minimum atomic E-state index is -0.701. The van der Waals surface area contributed by atoms with E-state index >= 15 is 0 Å². The number of hydrogen-bond acceptors (Lipinski definition) is 3. The number of likely N-dealkylation sites (tertiary alicyclic amines) is 1. The lowest BCUT2D eigenvalue weighted by atomic mass is 9.89. The molecule has 0 radical (unpaired) electrons. The van der Waals surface area contributed by atoms with Gasteiger partial charge >= 0.3 is 5.97 Å². The highest BCUT2D eigenvalue weighted by Crippen LogP contribution is 2.38. The predicted octanol–water partition coefficient (Wildman–Crippen LogP) is 3.89. The van der Waals surface area contributed by atoms with Crippen LogP contribution in [0.15, 0.2) is 48.5 Å². The third kappa shape index (κ3) is 3.69. The SMILES string of the molecule is COc1ccccc1C(c1ccccc1C)N1CCCC(C(=O)O)C1. The first kappa shape index (κ1) is 17.5. The number of para-hydroxylation sites is 1. The summed E-state index contributed by atoms with van der Waals surface area (Å²) in [4.78, 5) is 13.8. The zero-order valence-electron chi connectivity index (χ0n) is 14.8. The van der Waals surface area contributed by atoms with Crippen LogP contribution in [0.3, 0.4) is 0 Å². The first-order valence-electron chi connectivity index (χ1n) is 8.77. The number of carbonyl (C=O) groups is 1. The molecule has 1 saturated heterocycles. The van der Waals surface area contributed by atoms with E-state index in [9.17, 15) is 9.90 Å². The molecular formula is C21H25NO3. The Morgan fingerprint density at radius 2 is 1.84 bits per heavy atom. The van der Waals surface area contributed by atoms with Crippen molar-refractivity contribution in [1.29, 1.82) is 0 Å². The zero-order valence-corrected chi connectivity index (χ0v) is 14.8. The summed E-state index contributed by atoms with van der Waals surface area (Å²) in [5.74, 6) is -0.170. The maximum absolute atomic E-state index is 11.5. The fourth-order valence-electron chi connectivity index (χ4n) is 3.79. The van der Waals surface area contributed by atoms with Gasteiger partial charge in [0.05, 0.1) is 19.1 Å². The van der Waals surface area contributed by atoms with E-state index in [2.05, 4.69) is 30.0 Å². The Labute approximate surface area is 149 Å². The van der Waals surface area contributed by atoms with E-state index < -0.39 is 5.97 Å². The molecule has 2 aromatic carbocycles. The zero-order chi connectivity index (χ0) is 17.8. The van der Waals surface area contributed by atoms with Gasteiger partial charge in [0.2, 0.25) is 0 Å². The molecule has 4 nitrogen and oxygen atoms in total. The summed E-state index contributed by atoms with van der Waals surface area (Å²) in [5, 5.41) is 9.48. The van der Waals surface area contributed by atoms with Crippen molar-refractivity contribution in [3.63, 3.8) is 0 Å². The molecule has 0 spiro atoms. The lowest BCUT2D eigenvalue weighted by Crippen LogP contribution is -2.41. The Morgan fingerprint density at radius 3 is 2.52 bits per heavy atom. The van der Waals surface area contributed by atoms with Crippen LogP contribution in [0.1, 0.15) is 35.6 Å². The molecule has 1 heterocycles. The van der Waals surface area contributed by atoms with Gasteiger partial charge in [-0.05, 0) is 43.5 Å². The largest absolute Gasteiger partial charge is 0.496 e. The van der Waals surface area contributed by atoms with Gasteiger partial charge in [0.15, 0.2) is 0 Å². The minimum Gasteiger partial charge on any atom is -0.496 e. The smallest absolute Gasteiger partial charge is 0.307 e. The number of hydrogen-bond donors (Lipinski definition) is 1. The van der Waals surface area contributed by atoms with Crippen LogP contribution in [-0.2, 0) is 4.79 Å². The fraction of sp³-hybridized carbons (Fsp3) is 0.381. The van der Waals surface area contributed by atoms with E-state index in [1.54, 1.807) is 7.11 Å². The monoisotopic (exact) mass is 339 g/mol. The number of aryl methyl sites for hydroxylation is 1. The van der Waals surface area contributed by atoms with Crippen molar-refractivity contribution in [2.24, 2.45) is 5.92 Å². The lowest BCUT2D eigenvalue weighted by molar-refractivity contribution is -0.143. The Balaban J connectivity index is 2.06. The molecule has 1 aliphatic heterocycles. The van der Waals surface area contributed by atoms with Crippen LogP contribution in [-0.4, -0.2) is 36.2 Å². The second-order valence-corrected chi connectivity index (χ2v) is 6.67. The normalized spacial score (nSPS) is 19.4. The number of methoxy groups -OCH3 is 1. The second kappa shape index (κ2) is 7.70. The number of carboxylic acids is 1. The number of nitrogens with zero attached hydrogens (tertiary/aromatic N) is 1. The molecule has 2 atom stereocenters. The van der Waals surface area contributed by atoms with Gasteiger partial charge in [-0.1, -0.05) is 42.5 Å². The van der Waals surface area contributed by atoms with E-state index in [0.717, 1.165) is 30.7 Å². The highest BCUT2D eigenvalue weighted by molar-refractivity contribution is 5.70. The van der Waals surface area contributed by atoms with Gasteiger partial charge in [0.25, 0.3) is 0 Å². The van der Waals surface area contributed by atoms with E-state index in [1.807, 2.05) is 30.3 Å². The van der Waals surface area contributed by atoms with Crippen molar-refractivity contribution < 1.29 is 14.6 Å². The van der Waals surface area contributed by atoms with Crippen LogP contribution < -0.4 is 4.74 Å². The van der Waals surface area contributed by atoms with Gasteiger partial charge in [-0.25, -0.2) is 0 Å². The summed E-state index contributed by atoms with van der Waals surface area (Å²) < 4.78 is 5.61. The topological polar surface area (TPSA) is 49.8 Å². The number of piperidine rings is 1. The fourth-order valence-corrected chi connectivity index (χ4v) is 3.79. The van der Waals surface area contributed by atoms with Crippen molar-refractivity contribution in [2.75, 3.05) is 20.2 Å². The first-order valence-corrected chi connectivity index (χ1v) is 8.77. The van der Waals surface area contributed by atoms with Gasteiger partial charge < -0.3 is 9.84 Å². The number of aliphatic carboxylic acids is 1. The summed E-state index contributed by atoms with van der Waals surface area (Å²) in [6.07, 6.45) is 1.65. The summed E-state index contributed by atoms with van der Waals surface area (Å²) in [6.45, 7) is 3.56. The highest BCUT2D eigenvalue weighted by Gasteiger charge is 2.32. The average molecular weight is 339 g/mol. The van der Waals surface area contributed by atoms with Crippen molar-refractivity contribution >= 4 is 5.97 Å². The number of rotatable bonds is 5. The molecule has 1 aliphatic rings. The van der Waals surface area contributed by atoms with E-state index in [4.69, 9.17) is 4.74 Å². The minimum absolute atomic E-state index is 0.000463. The van der Waals surface area contributed by atoms with Gasteiger partial charge in [-0.2, -0.15) is 0 Å². The molecule has 0 aliphatic carbocycles. The van der Waals surface area contributed by atoms with Crippen LogP contribution in [0.4, 0.5) is 0 Å². The van der Waals surface area contributed by atoms with Crippen LogP contribution >= 0.6 is 0 Å². The van der Waals surface area contributed by atoms with Gasteiger partial charge in [-0.15, -0.1) is 0 Å². The molecular weight excluding hydrogens is 314 g/mol. The first-order chi connectivity index (χ1) is 12.1. The molecule has 0 bridgehead atoms. The quantitative estimate of drug-likeness (QED) is 0.898. The summed E-state index contributed by atoms with van der Waals surface area (Å²) in [6, 6.07) is 16.4. The average Bonchev–Trinajstić information content (AvgIpc) is 2.64. The van der Waals surface area contributed by atoms with Crippen LogP contribution in [0.2, 0.25) is 0 Å². The standard InChI is InChI=1S/C21H25NO3/c1-15-8-3-4-10-17(15)20(18-11-5-6-12-19(18)25-2)22-13-7-9-16(14-22)21(23)24/h3-6,8,10-12,16,20H,7,9,13-14H2,1-2H3,(H,23,24). The molecule has 1 fully saturated rings. The Hall–Kier alpha value is -2.33. The Bertz CT molecular complexity index is 743. The second-order valence-electron chi connectivity index (χ2n) is 6.67. The van der Waals surface area contributed by atoms with Crippen LogP contribution in [0, 0.1) is 12.8 Å². The van der Waals surface area contributed by atoms with Gasteiger partial charge in [0, 0.05) is 12.1 Å². The Kier molecular flexibility index (Phi) is 5.39. The highest BCUT2D eigenvalue weighted by atomic mass is 16.5. The summed E-state index contributed by atoms with van der Waals surface area (Å²) >= 11 is 0. The van der Waals surface area contributed by atoms with Crippen molar-refractivity contribution in [1.82, 2.24) is 4.90 Å². The lowest BCUT2D eigenvalue weighted by Gasteiger charge is -2.38. The molecule has 0 saturated carbocycles. The summed E-state index contributed by atoms with van der Waals surface area (Å²) in [7, 11) is 1.68. The van der Waals surface area contributed by atoms with Crippen molar-refractivity contribution in [2.45, 2.75) is 25.8 Å². The maximum Gasteiger partial charge on any atom is 0.307 e.